The van der Waals surface area contributed by atoms with E-state index in [-0.39, 0.29) is 0 Å². The van der Waals surface area contributed by atoms with Crippen LogP contribution < -0.4 is 4.74 Å². The fourth-order valence-electron chi connectivity index (χ4n) is 2.80. The summed E-state index contributed by atoms with van der Waals surface area (Å²) in [4.78, 5) is 0. The minimum atomic E-state index is 0.801. The maximum atomic E-state index is 6.13. The number of benzene rings is 3. The summed E-state index contributed by atoms with van der Waals surface area (Å²) < 4.78 is 6.13. The molecule has 0 bridgehead atoms. The lowest BCUT2D eigenvalue weighted by Crippen LogP contribution is -2.00. The minimum Gasteiger partial charge on any atom is -0.493 e. The minimum absolute atomic E-state index is 0.801. The van der Waals surface area contributed by atoms with Gasteiger partial charge >= 0.3 is 0 Å². The summed E-state index contributed by atoms with van der Waals surface area (Å²) in [7, 11) is 0. The molecule has 0 saturated heterocycles. The van der Waals surface area contributed by atoms with Crippen LogP contribution in [0.25, 0.3) is 21.5 Å². The molecule has 1 nitrogen and oxygen atoms in total. The van der Waals surface area contributed by atoms with E-state index in [1.54, 1.807) is 0 Å². The van der Waals surface area contributed by atoms with Gasteiger partial charge in [0.1, 0.15) is 5.75 Å². The van der Waals surface area contributed by atoms with Crippen LogP contribution in [-0.2, 0) is 6.42 Å². The number of aryl methyl sites for hydroxylation is 1. The second kappa shape index (κ2) is 6.17. The molecule has 3 rings (SSSR count). The molecule has 1 heteroatoms. The summed E-state index contributed by atoms with van der Waals surface area (Å²) in [5, 5.41) is 5.06. The van der Waals surface area contributed by atoms with Crippen LogP contribution >= 0.6 is 0 Å². The maximum Gasteiger partial charge on any atom is 0.130 e. The quantitative estimate of drug-likeness (QED) is 0.427. The van der Waals surface area contributed by atoms with Crippen LogP contribution in [0.1, 0.15) is 32.3 Å². The third kappa shape index (κ3) is 2.73. The molecule has 3 aromatic carbocycles. The number of unbranched alkanes of at least 4 members (excludes halogenated alkanes) is 1. The van der Waals surface area contributed by atoms with Gasteiger partial charge in [0, 0.05) is 5.39 Å². The zero-order chi connectivity index (χ0) is 14.7. The van der Waals surface area contributed by atoms with Crippen LogP contribution in [0.5, 0.6) is 5.75 Å². The lowest BCUT2D eigenvalue weighted by molar-refractivity contribution is 0.310. The van der Waals surface area contributed by atoms with Crippen molar-refractivity contribution >= 4 is 21.5 Å². The molecule has 0 N–H and O–H groups in total. The lowest BCUT2D eigenvalue weighted by Gasteiger charge is -2.14. The predicted molar refractivity (Wildman–Crippen MR) is 91.2 cm³/mol. The molecule has 0 heterocycles. The van der Waals surface area contributed by atoms with Gasteiger partial charge in [-0.15, -0.1) is 0 Å². The van der Waals surface area contributed by atoms with Gasteiger partial charge in [-0.2, -0.15) is 0 Å². The first-order valence-electron chi connectivity index (χ1n) is 7.90. The zero-order valence-corrected chi connectivity index (χ0v) is 12.9. The van der Waals surface area contributed by atoms with Gasteiger partial charge in [-0.1, -0.05) is 56.7 Å². The highest BCUT2D eigenvalue weighted by atomic mass is 16.5. The average Bonchev–Trinajstić information content (AvgIpc) is 2.53. The summed E-state index contributed by atoms with van der Waals surface area (Å²) in [5.74, 6) is 1.08. The van der Waals surface area contributed by atoms with Gasteiger partial charge in [0.15, 0.2) is 0 Å². The van der Waals surface area contributed by atoms with Crippen molar-refractivity contribution in [1.82, 2.24) is 0 Å². The molecule has 0 spiro atoms. The zero-order valence-electron chi connectivity index (χ0n) is 12.9. The third-order valence-corrected chi connectivity index (χ3v) is 4.04. The standard InChI is InChI=1S/C20H22O/c1-3-5-12-21-20-15(4-2)10-11-18-13-16-8-6-7-9-17(16)14-19(18)20/h6-11,13-14H,3-5,12H2,1-2H3. The van der Waals surface area contributed by atoms with E-state index in [9.17, 15) is 0 Å². The molecular weight excluding hydrogens is 256 g/mol. The van der Waals surface area contributed by atoms with E-state index in [1.165, 1.54) is 27.1 Å². The first-order valence-corrected chi connectivity index (χ1v) is 7.90. The summed E-state index contributed by atoms with van der Waals surface area (Å²) in [6, 6.07) is 17.5. The first-order chi connectivity index (χ1) is 10.3. The van der Waals surface area contributed by atoms with Gasteiger partial charge in [0.25, 0.3) is 0 Å². The second-order valence-electron chi connectivity index (χ2n) is 5.53. The van der Waals surface area contributed by atoms with Gasteiger partial charge in [-0.25, -0.2) is 0 Å². The van der Waals surface area contributed by atoms with Crippen molar-refractivity contribution in [1.29, 1.82) is 0 Å². The van der Waals surface area contributed by atoms with E-state index in [0.29, 0.717) is 0 Å². The molecule has 0 radical (unpaired) electrons. The second-order valence-corrected chi connectivity index (χ2v) is 5.53. The van der Waals surface area contributed by atoms with E-state index < -0.39 is 0 Å². The van der Waals surface area contributed by atoms with Gasteiger partial charge in [0.2, 0.25) is 0 Å². The molecule has 0 aromatic heterocycles. The highest BCUT2D eigenvalue weighted by Crippen LogP contribution is 2.33. The average molecular weight is 278 g/mol. The summed E-state index contributed by atoms with van der Waals surface area (Å²) in [6.45, 7) is 5.19. The molecule has 21 heavy (non-hydrogen) atoms. The van der Waals surface area contributed by atoms with E-state index in [0.717, 1.165) is 31.6 Å². The Balaban J connectivity index is 2.17. The van der Waals surface area contributed by atoms with Crippen LogP contribution in [0, 0.1) is 0 Å². The van der Waals surface area contributed by atoms with E-state index in [4.69, 9.17) is 4.74 Å². The fourth-order valence-corrected chi connectivity index (χ4v) is 2.80. The molecule has 0 amide bonds. The fraction of sp³-hybridized carbons (Fsp3) is 0.300. The van der Waals surface area contributed by atoms with Crippen molar-refractivity contribution in [3.8, 4) is 5.75 Å². The Labute approximate surface area is 126 Å². The van der Waals surface area contributed by atoms with Crippen LogP contribution in [0.2, 0.25) is 0 Å². The summed E-state index contributed by atoms with van der Waals surface area (Å²) >= 11 is 0. The highest BCUT2D eigenvalue weighted by Gasteiger charge is 2.09. The number of fused-ring (bicyclic) bond motifs is 2. The summed E-state index contributed by atoms with van der Waals surface area (Å²) in [6.07, 6.45) is 3.27. The van der Waals surface area contributed by atoms with Crippen LogP contribution in [0.4, 0.5) is 0 Å². The Morgan fingerprint density at radius 1 is 0.857 bits per heavy atom. The molecule has 108 valence electrons. The molecule has 0 atom stereocenters. The van der Waals surface area contributed by atoms with Gasteiger partial charge in [0.05, 0.1) is 6.61 Å². The monoisotopic (exact) mass is 278 g/mol. The molecule has 0 unspecified atom stereocenters. The smallest absolute Gasteiger partial charge is 0.130 e. The lowest BCUT2D eigenvalue weighted by atomic mass is 9.99. The van der Waals surface area contributed by atoms with Gasteiger partial charge < -0.3 is 4.74 Å². The predicted octanol–water partition coefficient (Wildman–Crippen LogP) is 5.73. The highest BCUT2D eigenvalue weighted by molar-refractivity contribution is 6.01. The van der Waals surface area contributed by atoms with Gasteiger partial charge in [-0.05, 0) is 46.7 Å². The third-order valence-electron chi connectivity index (χ3n) is 4.04. The molecule has 0 aliphatic heterocycles. The maximum absolute atomic E-state index is 6.13. The van der Waals surface area contributed by atoms with Crippen molar-refractivity contribution < 1.29 is 4.74 Å². The number of hydrogen-bond acceptors (Lipinski definition) is 1. The van der Waals surface area contributed by atoms with Crippen molar-refractivity contribution in [2.45, 2.75) is 33.1 Å². The van der Waals surface area contributed by atoms with Gasteiger partial charge in [-0.3, -0.25) is 0 Å². The Morgan fingerprint density at radius 3 is 2.33 bits per heavy atom. The van der Waals surface area contributed by atoms with Crippen molar-refractivity contribution in [2.75, 3.05) is 6.61 Å². The van der Waals surface area contributed by atoms with Crippen LogP contribution in [-0.4, -0.2) is 6.61 Å². The summed E-state index contributed by atoms with van der Waals surface area (Å²) in [5.41, 5.74) is 1.30. The molecular formula is C20H22O. The Kier molecular flexibility index (Phi) is 4.10. The van der Waals surface area contributed by atoms with Crippen LogP contribution in [0.3, 0.4) is 0 Å². The number of hydrogen-bond donors (Lipinski definition) is 0. The number of rotatable bonds is 5. The van der Waals surface area contributed by atoms with Crippen molar-refractivity contribution in [2.24, 2.45) is 0 Å². The molecule has 3 aromatic rings. The molecule has 0 saturated carbocycles. The Hall–Kier alpha value is -2.02. The first kappa shape index (κ1) is 13.9. The van der Waals surface area contributed by atoms with Crippen LogP contribution in [0.15, 0.2) is 48.5 Å². The van der Waals surface area contributed by atoms with E-state index in [2.05, 4.69) is 62.4 Å². The molecule has 0 aliphatic rings. The Bertz CT molecular complexity index is 758. The number of ether oxygens (including phenoxy) is 1. The van der Waals surface area contributed by atoms with E-state index >= 15 is 0 Å². The van der Waals surface area contributed by atoms with E-state index in [1.807, 2.05) is 0 Å². The largest absolute Gasteiger partial charge is 0.493 e. The molecule has 0 aliphatic carbocycles. The SMILES string of the molecule is CCCCOc1c(CC)ccc2cc3ccccc3cc12. The topological polar surface area (TPSA) is 9.23 Å². The normalized spacial score (nSPS) is 11.1. The molecule has 0 fully saturated rings. The Morgan fingerprint density at radius 2 is 1.62 bits per heavy atom. The van der Waals surface area contributed by atoms with Crippen molar-refractivity contribution in [3.05, 3.63) is 54.1 Å². The van der Waals surface area contributed by atoms with Crippen molar-refractivity contribution in [3.63, 3.8) is 0 Å².